The fraction of sp³-hybridized carbons (Fsp3) is 0.533. The van der Waals surface area contributed by atoms with Crippen molar-refractivity contribution in [3.8, 4) is 0 Å². The summed E-state index contributed by atoms with van der Waals surface area (Å²) >= 11 is 0. The third kappa shape index (κ3) is 3.54. The third-order valence-electron chi connectivity index (χ3n) is 3.74. The lowest BCUT2D eigenvalue weighted by Gasteiger charge is -2.22. The van der Waals surface area contributed by atoms with Crippen LogP contribution in [-0.4, -0.2) is 30.4 Å². The SMILES string of the molecule is NCC(Cc1cccc(C(F)F)c1)C(=O)N1CCCC1. The number of benzene rings is 1. The number of carbonyl (C=O) groups excluding carboxylic acids is 1. The van der Waals surface area contributed by atoms with Crippen molar-refractivity contribution >= 4 is 5.91 Å². The maximum Gasteiger partial charge on any atom is 0.263 e. The van der Waals surface area contributed by atoms with E-state index in [2.05, 4.69) is 0 Å². The van der Waals surface area contributed by atoms with Crippen LogP contribution in [0.5, 0.6) is 0 Å². The monoisotopic (exact) mass is 282 g/mol. The molecule has 110 valence electrons. The molecule has 5 heteroatoms. The first-order valence-electron chi connectivity index (χ1n) is 6.97. The van der Waals surface area contributed by atoms with Crippen LogP contribution in [0.3, 0.4) is 0 Å². The minimum absolute atomic E-state index is 0.00751. The van der Waals surface area contributed by atoms with Crippen LogP contribution in [0.2, 0.25) is 0 Å². The zero-order valence-corrected chi connectivity index (χ0v) is 11.4. The zero-order valence-electron chi connectivity index (χ0n) is 11.4. The Bertz CT molecular complexity index is 459. The summed E-state index contributed by atoms with van der Waals surface area (Å²) in [6, 6.07) is 6.23. The number of alkyl halides is 2. The van der Waals surface area contributed by atoms with Crippen molar-refractivity contribution in [2.24, 2.45) is 11.7 Å². The van der Waals surface area contributed by atoms with Gasteiger partial charge in [0.2, 0.25) is 5.91 Å². The van der Waals surface area contributed by atoms with Crippen molar-refractivity contribution in [1.29, 1.82) is 0 Å². The van der Waals surface area contributed by atoms with Gasteiger partial charge in [-0.15, -0.1) is 0 Å². The standard InChI is InChI=1S/C15H20F2N2O/c16-14(17)12-5-3-4-11(8-12)9-13(10-18)15(20)19-6-1-2-7-19/h3-5,8,13-14H,1-2,6-7,9-10,18H2. The van der Waals surface area contributed by atoms with Gasteiger partial charge < -0.3 is 10.6 Å². The van der Waals surface area contributed by atoms with Crippen LogP contribution in [0.1, 0.15) is 30.4 Å². The van der Waals surface area contributed by atoms with E-state index < -0.39 is 6.43 Å². The van der Waals surface area contributed by atoms with Gasteiger partial charge in [0.25, 0.3) is 6.43 Å². The van der Waals surface area contributed by atoms with Gasteiger partial charge in [-0.3, -0.25) is 4.79 Å². The minimum Gasteiger partial charge on any atom is -0.342 e. The van der Waals surface area contributed by atoms with Crippen LogP contribution in [0.15, 0.2) is 24.3 Å². The highest BCUT2D eigenvalue weighted by Gasteiger charge is 2.25. The summed E-state index contributed by atoms with van der Waals surface area (Å²) in [6.45, 7) is 1.81. The Morgan fingerprint density at radius 2 is 2.00 bits per heavy atom. The van der Waals surface area contributed by atoms with Crippen molar-refractivity contribution in [1.82, 2.24) is 4.90 Å². The molecule has 1 fully saturated rings. The van der Waals surface area contributed by atoms with E-state index in [4.69, 9.17) is 5.73 Å². The molecular formula is C15H20F2N2O. The van der Waals surface area contributed by atoms with Gasteiger partial charge in [-0.1, -0.05) is 24.3 Å². The molecule has 1 saturated heterocycles. The molecule has 1 aromatic rings. The first-order valence-corrected chi connectivity index (χ1v) is 6.97. The number of likely N-dealkylation sites (tertiary alicyclic amines) is 1. The predicted molar refractivity (Wildman–Crippen MR) is 73.5 cm³/mol. The Hall–Kier alpha value is -1.49. The highest BCUT2D eigenvalue weighted by molar-refractivity contribution is 5.79. The lowest BCUT2D eigenvalue weighted by molar-refractivity contribution is -0.134. The predicted octanol–water partition coefficient (Wildman–Crippen LogP) is 2.36. The molecule has 0 aromatic heterocycles. The molecule has 1 heterocycles. The number of carbonyl (C=O) groups is 1. The summed E-state index contributed by atoms with van der Waals surface area (Å²) in [5, 5.41) is 0. The van der Waals surface area contributed by atoms with E-state index >= 15 is 0 Å². The molecule has 20 heavy (non-hydrogen) atoms. The average Bonchev–Trinajstić information content (AvgIpc) is 2.98. The summed E-state index contributed by atoms with van der Waals surface area (Å²) in [4.78, 5) is 14.1. The third-order valence-corrected chi connectivity index (χ3v) is 3.74. The summed E-state index contributed by atoms with van der Waals surface area (Å²) < 4.78 is 25.3. The number of rotatable bonds is 5. The van der Waals surface area contributed by atoms with Crippen molar-refractivity contribution in [3.05, 3.63) is 35.4 Å². The molecule has 2 rings (SSSR count). The van der Waals surface area contributed by atoms with Crippen LogP contribution in [0, 0.1) is 5.92 Å². The summed E-state index contributed by atoms with van der Waals surface area (Å²) in [5.74, 6) is -0.270. The van der Waals surface area contributed by atoms with Crippen LogP contribution >= 0.6 is 0 Å². The lowest BCUT2D eigenvalue weighted by Crippen LogP contribution is -2.38. The Labute approximate surface area is 117 Å². The Balaban J connectivity index is 2.05. The van der Waals surface area contributed by atoms with Gasteiger partial charge >= 0.3 is 0 Å². The highest BCUT2D eigenvalue weighted by Crippen LogP contribution is 2.21. The van der Waals surface area contributed by atoms with Crippen LogP contribution in [0.4, 0.5) is 8.78 Å². The van der Waals surface area contributed by atoms with E-state index in [0.29, 0.717) is 6.42 Å². The molecular weight excluding hydrogens is 262 g/mol. The van der Waals surface area contributed by atoms with Crippen molar-refractivity contribution in [2.75, 3.05) is 19.6 Å². The number of hydrogen-bond donors (Lipinski definition) is 1. The number of halogens is 2. The number of nitrogens with zero attached hydrogens (tertiary/aromatic N) is 1. The molecule has 1 amide bonds. The van der Waals surface area contributed by atoms with E-state index in [1.165, 1.54) is 12.1 Å². The summed E-state index contributed by atoms with van der Waals surface area (Å²) in [6.07, 6.45) is 0.000709. The van der Waals surface area contributed by atoms with Crippen molar-refractivity contribution in [3.63, 3.8) is 0 Å². The fourth-order valence-corrected chi connectivity index (χ4v) is 2.61. The van der Waals surface area contributed by atoms with Gasteiger partial charge in [-0.2, -0.15) is 0 Å². The van der Waals surface area contributed by atoms with E-state index in [-0.39, 0.29) is 23.9 Å². The van der Waals surface area contributed by atoms with E-state index in [0.717, 1.165) is 31.5 Å². The summed E-state index contributed by atoms with van der Waals surface area (Å²) in [5.41, 5.74) is 6.43. The van der Waals surface area contributed by atoms with E-state index in [9.17, 15) is 13.6 Å². The molecule has 1 aliphatic rings. The molecule has 0 bridgehead atoms. The fourth-order valence-electron chi connectivity index (χ4n) is 2.61. The quantitative estimate of drug-likeness (QED) is 0.901. The van der Waals surface area contributed by atoms with Crippen molar-refractivity contribution < 1.29 is 13.6 Å². The summed E-state index contributed by atoms with van der Waals surface area (Å²) in [7, 11) is 0. The molecule has 0 spiro atoms. The van der Waals surface area contributed by atoms with Gasteiger partial charge in [-0.05, 0) is 24.8 Å². The molecule has 3 nitrogen and oxygen atoms in total. The van der Waals surface area contributed by atoms with Crippen LogP contribution in [0.25, 0.3) is 0 Å². The maximum atomic E-state index is 12.7. The first kappa shape index (κ1) is 14.9. The molecule has 2 N–H and O–H groups in total. The molecule has 0 radical (unpaired) electrons. The van der Waals surface area contributed by atoms with Gasteiger partial charge in [0.15, 0.2) is 0 Å². The number of amides is 1. The van der Waals surface area contributed by atoms with Crippen LogP contribution in [-0.2, 0) is 11.2 Å². The highest BCUT2D eigenvalue weighted by atomic mass is 19.3. The normalized spacial score (nSPS) is 16.7. The van der Waals surface area contributed by atoms with Crippen LogP contribution < -0.4 is 5.73 Å². The minimum atomic E-state index is -2.49. The Kier molecular flexibility index (Phi) is 5.06. The van der Waals surface area contributed by atoms with Gasteiger partial charge in [0.1, 0.15) is 0 Å². The molecule has 0 aliphatic carbocycles. The maximum absolute atomic E-state index is 12.7. The average molecular weight is 282 g/mol. The zero-order chi connectivity index (χ0) is 14.5. The van der Waals surface area contributed by atoms with Gasteiger partial charge in [-0.25, -0.2) is 8.78 Å². The second-order valence-corrected chi connectivity index (χ2v) is 5.21. The Morgan fingerprint density at radius 1 is 1.30 bits per heavy atom. The lowest BCUT2D eigenvalue weighted by atomic mass is 9.97. The topological polar surface area (TPSA) is 46.3 Å². The molecule has 0 saturated carbocycles. The second-order valence-electron chi connectivity index (χ2n) is 5.21. The van der Waals surface area contributed by atoms with Gasteiger partial charge in [0.05, 0.1) is 5.92 Å². The van der Waals surface area contributed by atoms with Gasteiger partial charge in [0, 0.05) is 25.2 Å². The largest absolute Gasteiger partial charge is 0.342 e. The first-order chi connectivity index (χ1) is 9.61. The number of nitrogens with two attached hydrogens (primary N) is 1. The second kappa shape index (κ2) is 6.79. The molecule has 1 aliphatic heterocycles. The molecule has 1 aromatic carbocycles. The molecule has 1 unspecified atom stereocenters. The van der Waals surface area contributed by atoms with E-state index in [1.807, 2.05) is 4.90 Å². The van der Waals surface area contributed by atoms with E-state index in [1.54, 1.807) is 12.1 Å². The number of hydrogen-bond acceptors (Lipinski definition) is 2. The smallest absolute Gasteiger partial charge is 0.263 e. The Morgan fingerprint density at radius 3 is 2.60 bits per heavy atom. The molecule has 1 atom stereocenters. The van der Waals surface area contributed by atoms with Crippen molar-refractivity contribution in [2.45, 2.75) is 25.7 Å².